The van der Waals surface area contributed by atoms with Crippen LogP contribution in [0.5, 0.6) is 5.75 Å². The van der Waals surface area contributed by atoms with Crippen molar-refractivity contribution < 1.29 is 18.4 Å². The van der Waals surface area contributed by atoms with Crippen molar-refractivity contribution in [1.82, 2.24) is 15.1 Å². The number of aromatic nitrogens is 2. The first-order valence-corrected chi connectivity index (χ1v) is 10.5. The Morgan fingerprint density at radius 2 is 2.10 bits per heavy atom. The van der Waals surface area contributed by atoms with E-state index in [0.29, 0.717) is 35.6 Å². The van der Waals surface area contributed by atoms with Crippen molar-refractivity contribution in [3.63, 3.8) is 0 Å². The summed E-state index contributed by atoms with van der Waals surface area (Å²) in [7, 11) is 0. The second-order valence-corrected chi connectivity index (χ2v) is 8.01. The summed E-state index contributed by atoms with van der Waals surface area (Å²) in [5.74, 6) is 1.99. The number of carbonyl (C=O) groups excluding carboxylic acids is 1. The Morgan fingerprint density at radius 3 is 2.93 bits per heavy atom. The molecule has 0 spiro atoms. The van der Waals surface area contributed by atoms with Crippen LogP contribution in [0.3, 0.4) is 0 Å². The van der Waals surface area contributed by atoms with E-state index in [1.165, 1.54) is 11.3 Å². The maximum absolute atomic E-state index is 13.3. The van der Waals surface area contributed by atoms with Crippen LogP contribution in [0.1, 0.15) is 34.5 Å². The van der Waals surface area contributed by atoms with E-state index in [1.807, 2.05) is 37.3 Å². The number of carbonyl (C=O) groups is 1. The Labute approximate surface area is 176 Å². The van der Waals surface area contributed by atoms with Crippen molar-refractivity contribution in [3.05, 3.63) is 65.1 Å². The molecule has 0 aliphatic carbocycles. The van der Waals surface area contributed by atoms with E-state index in [-0.39, 0.29) is 12.5 Å². The fraction of sp³-hybridized carbons (Fsp3) is 0.227. The van der Waals surface area contributed by atoms with Crippen LogP contribution in [-0.2, 0) is 13.2 Å². The first-order valence-electron chi connectivity index (χ1n) is 9.73. The van der Waals surface area contributed by atoms with E-state index in [9.17, 15) is 4.79 Å². The molecule has 7 nitrogen and oxygen atoms in total. The predicted octanol–water partition coefficient (Wildman–Crippen LogP) is 5.00. The van der Waals surface area contributed by atoms with Gasteiger partial charge in [0.2, 0.25) is 5.89 Å². The number of nitrogens with zero attached hydrogens (tertiary/aromatic N) is 3. The fourth-order valence-electron chi connectivity index (χ4n) is 3.46. The van der Waals surface area contributed by atoms with Gasteiger partial charge in [-0.1, -0.05) is 19.1 Å². The van der Waals surface area contributed by atoms with E-state index in [4.69, 9.17) is 13.6 Å². The lowest BCUT2D eigenvalue weighted by Crippen LogP contribution is -2.30. The largest absolute Gasteiger partial charge is 0.488 e. The summed E-state index contributed by atoms with van der Waals surface area (Å²) >= 11 is 1.50. The molecule has 1 aliphatic rings. The Bertz CT molecular complexity index is 1180. The molecule has 0 saturated carbocycles. The van der Waals surface area contributed by atoms with Crippen LogP contribution < -0.4 is 4.74 Å². The van der Waals surface area contributed by atoms with Gasteiger partial charge in [0.1, 0.15) is 12.4 Å². The van der Waals surface area contributed by atoms with E-state index < -0.39 is 0 Å². The van der Waals surface area contributed by atoms with Crippen LogP contribution in [-0.4, -0.2) is 27.5 Å². The summed E-state index contributed by atoms with van der Waals surface area (Å²) in [4.78, 5) is 16.8. The summed E-state index contributed by atoms with van der Waals surface area (Å²) in [5.41, 5.74) is 2.07. The molecule has 4 heterocycles. The highest BCUT2D eigenvalue weighted by molar-refractivity contribution is 7.17. The maximum atomic E-state index is 13.3. The van der Waals surface area contributed by atoms with E-state index in [2.05, 4.69) is 10.2 Å². The molecule has 0 saturated heterocycles. The zero-order valence-corrected chi connectivity index (χ0v) is 17.1. The molecule has 0 bridgehead atoms. The van der Waals surface area contributed by atoms with Crippen LogP contribution in [0, 0.1) is 0 Å². The maximum Gasteiger partial charge on any atom is 0.283 e. The van der Waals surface area contributed by atoms with Gasteiger partial charge in [0, 0.05) is 22.5 Å². The standard InChI is InChI=1S/C22H19N3O4S/c1-2-9-25(12-19-23-24-21(29-19)17-8-5-10-27-17)22(26)18-11-14-13-28-16-7-4-3-6-15(16)20(14)30-18/h3-8,10-11H,2,9,12-13H2,1H3. The van der Waals surface area contributed by atoms with Gasteiger partial charge >= 0.3 is 0 Å². The Hall–Kier alpha value is -3.39. The molecule has 1 aromatic carbocycles. The molecule has 152 valence electrons. The Kier molecular flexibility index (Phi) is 4.84. The van der Waals surface area contributed by atoms with Crippen molar-refractivity contribution in [3.8, 4) is 27.8 Å². The van der Waals surface area contributed by atoms with Crippen LogP contribution in [0.4, 0.5) is 0 Å². The summed E-state index contributed by atoms with van der Waals surface area (Å²) in [6, 6.07) is 13.4. The number of amides is 1. The highest BCUT2D eigenvalue weighted by atomic mass is 32.1. The summed E-state index contributed by atoms with van der Waals surface area (Å²) in [5, 5.41) is 8.10. The van der Waals surface area contributed by atoms with E-state index in [1.54, 1.807) is 23.3 Å². The first kappa shape index (κ1) is 18.6. The molecule has 0 N–H and O–H groups in total. The predicted molar refractivity (Wildman–Crippen MR) is 111 cm³/mol. The number of hydrogen-bond donors (Lipinski definition) is 0. The van der Waals surface area contributed by atoms with Gasteiger partial charge in [-0.3, -0.25) is 4.79 Å². The fourth-order valence-corrected chi connectivity index (χ4v) is 4.63. The second kappa shape index (κ2) is 7.79. The minimum absolute atomic E-state index is 0.0496. The van der Waals surface area contributed by atoms with Gasteiger partial charge in [-0.15, -0.1) is 21.5 Å². The number of ether oxygens (including phenoxy) is 1. The molecule has 1 aliphatic heterocycles. The summed E-state index contributed by atoms with van der Waals surface area (Å²) in [6.07, 6.45) is 2.37. The number of benzene rings is 1. The molecule has 0 atom stereocenters. The number of hydrogen-bond acceptors (Lipinski definition) is 7. The molecule has 1 amide bonds. The van der Waals surface area contributed by atoms with E-state index >= 15 is 0 Å². The van der Waals surface area contributed by atoms with Crippen molar-refractivity contribution in [2.75, 3.05) is 6.54 Å². The zero-order valence-electron chi connectivity index (χ0n) is 16.3. The van der Waals surface area contributed by atoms with Crippen molar-refractivity contribution in [2.45, 2.75) is 26.5 Å². The zero-order chi connectivity index (χ0) is 20.5. The molecule has 4 aromatic rings. The average molecular weight is 421 g/mol. The van der Waals surface area contributed by atoms with Gasteiger partial charge in [-0.2, -0.15) is 0 Å². The van der Waals surface area contributed by atoms with Crippen LogP contribution >= 0.6 is 11.3 Å². The summed E-state index contributed by atoms with van der Waals surface area (Å²) < 4.78 is 16.8. The highest BCUT2D eigenvalue weighted by Gasteiger charge is 2.26. The minimum Gasteiger partial charge on any atom is -0.488 e. The highest BCUT2D eigenvalue weighted by Crippen LogP contribution is 2.42. The lowest BCUT2D eigenvalue weighted by atomic mass is 10.1. The van der Waals surface area contributed by atoms with Crippen molar-refractivity contribution in [2.24, 2.45) is 0 Å². The third-order valence-electron chi connectivity index (χ3n) is 4.84. The molecular formula is C22H19N3O4S. The van der Waals surface area contributed by atoms with Gasteiger partial charge in [0.05, 0.1) is 17.7 Å². The first-order chi connectivity index (χ1) is 14.7. The summed E-state index contributed by atoms with van der Waals surface area (Å²) in [6.45, 7) is 3.34. The van der Waals surface area contributed by atoms with Crippen LogP contribution in [0.25, 0.3) is 22.1 Å². The quantitative estimate of drug-likeness (QED) is 0.436. The molecule has 0 unspecified atom stereocenters. The smallest absolute Gasteiger partial charge is 0.283 e. The molecule has 3 aromatic heterocycles. The topological polar surface area (TPSA) is 81.6 Å². The monoisotopic (exact) mass is 421 g/mol. The van der Waals surface area contributed by atoms with Gasteiger partial charge in [0.25, 0.3) is 11.8 Å². The van der Waals surface area contributed by atoms with Gasteiger partial charge in [-0.25, -0.2) is 0 Å². The molecule has 0 fully saturated rings. The second-order valence-electron chi connectivity index (χ2n) is 6.95. The molecular weight excluding hydrogens is 402 g/mol. The van der Waals surface area contributed by atoms with Gasteiger partial charge in [-0.05, 0) is 36.8 Å². The van der Waals surface area contributed by atoms with Crippen molar-refractivity contribution >= 4 is 17.2 Å². The number of fused-ring (bicyclic) bond motifs is 3. The lowest BCUT2D eigenvalue weighted by molar-refractivity contribution is 0.0733. The molecule has 30 heavy (non-hydrogen) atoms. The third kappa shape index (κ3) is 3.39. The Balaban J connectivity index is 1.39. The number of furan rings is 1. The van der Waals surface area contributed by atoms with Crippen LogP contribution in [0.15, 0.2) is 57.6 Å². The van der Waals surface area contributed by atoms with E-state index in [0.717, 1.165) is 28.2 Å². The van der Waals surface area contributed by atoms with Crippen molar-refractivity contribution in [1.29, 1.82) is 0 Å². The Morgan fingerprint density at radius 1 is 1.20 bits per heavy atom. The average Bonchev–Trinajstić information content (AvgIpc) is 3.53. The lowest BCUT2D eigenvalue weighted by Gasteiger charge is -2.19. The molecule has 5 rings (SSSR count). The molecule has 8 heteroatoms. The number of rotatable bonds is 6. The van der Waals surface area contributed by atoms with Gasteiger partial charge in [0.15, 0.2) is 5.76 Å². The molecule has 0 radical (unpaired) electrons. The number of para-hydroxylation sites is 1. The third-order valence-corrected chi connectivity index (χ3v) is 6.04. The number of thiophene rings is 1. The van der Waals surface area contributed by atoms with Crippen LogP contribution in [0.2, 0.25) is 0 Å². The van der Waals surface area contributed by atoms with Gasteiger partial charge < -0.3 is 18.5 Å². The SMILES string of the molecule is CCCN(Cc1nnc(-c2ccco2)o1)C(=O)c1cc2c(s1)-c1ccccc1OC2. The normalized spacial score (nSPS) is 12.2. The minimum atomic E-state index is -0.0496.